The first-order chi connectivity index (χ1) is 6.62. The molecule has 1 aromatic rings. The standard InChI is InChI=1S/C10H13O3S/c1-3-10(13-2)14(11,12)9-7-5-4-6-8-9/h4-8,10H,1,3H2,2H3. The van der Waals surface area contributed by atoms with Crippen LogP contribution in [-0.2, 0) is 14.6 Å². The third-order valence-corrected chi connectivity index (χ3v) is 3.97. The maximum atomic E-state index is 11.8. The molecule has 1 radical (unpaired) electrons. The molecule has 1 atom stereocenters. The van der Waals surface area contributed by atoms with E-state index in [-0.39, 0.29) is 11.3 Å². The molecule has 0 spiro atoms. The van der Waals surface area contributed by atoms with E-state index >= 15 is 0 Å². The zero-order valence-electron chi connectivity index (χ0n) is 8.01. The predicted octanol–water partition coefficient (Wildman–Crippen LogP) is 1.66. The van der Waals surface area contributed by atoms with E-state index in [0.717, 1.165) is 0 Å². The van der Waals surface area contributed by atoms with E-state index in [1.165, 1.54) is 7.11 Å². The first-order valence-corrected chi connectivity index (χ1v) is 5.78. The van der Waals surface area contributed by atoms with Gasteiger partial charge in [0, 0.05) is 7.11 Å². The summed E-state index contributed by atoms with van der Waals surface area (Å²) < 4.78 is 28.5. The van der Waals surface area contributed by atoms with Crippen molar-refractivity contribution >= 4 is 9.84 Å². The van der Waals surface area contributed by atoms with Gasteiger partial charge in [-0.25, -0.2) is 8.42 Å². The van der Waals surface area contributed by atoms with Crippen molar-refractivity contribution in [1.82, 2.24) is 0 Å². The molecule has 0 aromatic heterocycles. The van der Waals surface area contributed by atoms with Crippen LogP contribution in [0.5, 0.6) is 0 Å². The molecule has 3 nitrogen and oxygen atoms in total. The number of rotatable bonds is 4. The second kappa shape index (κ2) is 4.57. The number of sulfone groups is 1. The smallest absolute Gasteiger partial charge is 0.205 e. The lowest BCUT2D eigenvalue weighted by atomic mass is 10.4. The average molecular weight is 213 g/mol. The van der Waals surface area contributed by atoms with Crippen molar-refractivity contribution in [3.63, 3.8) is 0 Å². The summed E-state index contributed by atoms with van der Waals surface area (Å²) in [5, 5.41) is 0. The Morgan fingerprint density at radius 2 is 1.93 bits per heavy atom. The molecular weight excluding hydrogens is 200 g/mol. The zero-order valence-corrected chi connectivity index (χ0v) is 8.83. The molecule has 1 unspecified atom stereocenters. The zero-order chi connectivity index (χ0) is 10.6. The fourth-order valence-electron chi connectivity index (χ4n) is 1.16. The monoisotopic (exact) mass is 213 g/mol. The van der Waals surface area contributed by atoms with E-state index in [1.54, 1.807) is 30.3 Å². The summed E-state index contributed by atoms with van der Waals surface area (Å²) in [6, 6.07) is 8.24. The molecule has 0 bridgehead atoms. The molecule has 1 aromatic carbocycles. The Kier molecular flexibility index (Phi) is 3.66. The average Bonchev–Trinajstić information content (AvgIpc) is 2.20. The number of hydrogen-bond acceptors (Lipinski definition) is 3. The van der Waals surface area contributed by atoms with Crippen LogP contribution in [0.1, 0.15) is 6.42 Å². The van der Waals surface area contributed by atoms with Crippen molar-refractivity contribution in [2.45, 2.75) is 16.8 Å². The topological polar surface area (TPSA) is 43.4 Å². The summed E-state index contributed by atoms with van der Waals surface area (Å²) in [6.07, 6.45) is 0.202. The van der Waals surface area contributed by atoms with Crippen molar-refractivity contribution < 1.29 is 13.2 Å². The summed E-state index contributed by atoms with van der Waals surface area (Å²) >= 11 is 0. The van der Waals surface area contributed by atoms with Gasteiger partial charge in [0.15, 0.2) is 5.44 Å². The van der Waals surface area contributed by atoms with E-state index in [4.69, 9.17) is 4.74 Å². The normalized spacial score (nSPS) is 13.9. The molecule has 77 valence electrons. The van der Waals surface area contributed by atoms with E-state index in [0.29, 0.717) is 0 Å². The van der Waals surface area contributed by atoms with Gasteiger partial charge in [-0.15, -0.1) is 0 Å². The summed E-state index contributed by atoms with van der Waals surface area (Å²) in [5.41, 5.74) is -0.857. The van der Waals surface area contributed by atoms with E-state index in [2.05, 4.69) is 6.92 Å². The Hall–Kier alpha value is -0.870. The van der Waals surface area contributed by atoms with Gasteiger partial charge in [0.2, 0.25) is 9.84 Å². The summed E-state index contributed by atoms with van der Waals surface area (Å²) in [6.45, 7) is 3.54. The number of ether oxygens (including phenoxy) is 1. The molecule has 0 amide bonds. The molecule has 14 heavy (non-hydrogen) atoms. The largest absolute Gasteiger partial charge is 0.365 e. The van der Waals surface area contributed by atoms with Crippen LogP contribution in [0.25, 0.3) is 0 Å². The minimum atomic E-state index is -3.39. The molecular formula is C10H13O3S. The second-order valence-corrected chi connectivity index (χ2v) is 4.90. The highest BCUT2D eigenvalue weighted by atomic mass is 32.2. The van der Waals surface area contributed by atoms with Crippen LogP contribution >= 0.6 is 0 Å². The van der Waals surface area contributed by atoms with E-state index in [9.17, 15) is 8.42 Å². The molecule has 0 aliphatic rings. The fraction of sp³-hybridized carbons (Fsp3) is 0.300. The van der Waals surface area contributed by atoms with Crippen molar-refractivity contribution in [1.29, 1.82) is 0 Å². The third-order valence-electron chi connectivity index (χ3n) is 1.92. The minimum Gasteiger partial charge on any atom is -0.365 e. The molecule has 1 rings (SSSR count). The molecule has 0 N–H and O–H groups in total. The molecule has 0 saturated heterocycles. The lowest BCUT2D eigenvalue weighted by Crippen LogP contribution is -2.22. The maximum absolute atomic E-state index is 11.8. The van der Waals surface area contributed by atoms with Crippen molar-refractivity contribution in [3.05, 3.63) is 37.3 Å². The first kappa shape index (κ1) is 11.2. The van der Waals surface area contributed by atoms with E-state index < -0.39 is 15.3 Å². The van der Waals surface area contributed by atoms with Gasteiger partial charge in [-0.2, -0.15) is 0 Å². The van der Waals surface area contributed by atoms with Crippen molar-refractivity contribution in [2.24, 2.45) is 0 Å². The Bertz CT molecular complexity index is 366. The quantitative estimate of drug-likeness (QED) is 0.764. The lowest BCUT2D eigenvalue weighted by molar-refractivity contribution is 0.165. The Morgan fingerprint density at radius 1 is 1.36 bits per heavy atom. The minimum absolute atomic E-state index is 0.202. The molecule has 0 fully saturated rings. The van der Waals surface area contributed by atoms with Crippen molar-refractivity contribution in [3.8, 4) is 0 Å². The number of methoxy groups -OCH3 is 1. The van der Waals surface area contributed by atoms with Gasteiger partial charge in [-0.1, -0.05) is 18.2 Å². The molecule has 0 aliphatic carbocycles. The van der Waals surface area contributed by atoms with Gasteiger partial charge in [0.1, 0.15) is 0 Å². The highest BCUT2D eigenvalue weighted by Gasteiger charge is 2.24. The summed E-state index contributed by atoms with van der Waals surface area (Å²) in [4.78, 5) is 0.274. The predicted molar refractivity (Wildman–Crippen MR) is 54.4 cm³/mol. The van der Waals surface area contributed by atoms with Crippen LogP contribution in [0.3, 0.4) is 0 Å². The van der Waals surface area contributed by atoms with Crippen LogP contribution in [0.2, 0.25) is 0 Å². The summed E-state index contributed by atoms with van der Waals surface area (Å²) in [7, 11) is -2.01. The van der Waals surface area contributed by atoms with Gasteiger partial charge in [-0.05, 0) is 25.5 Å². The SMILES string of the molecule is [CH2]CC(OC)S(=O)(=O)c1ccccc1. The van der Waals surface area contributed by atoms with Crippen LogP contribution in [0, 0.1) is 6.92 Å². The van der Waals surface area contributed by atoms with Crippen LogP contribution in [-0.4, -0.2) is 21.0 Å². The highest BCUT2D eigenvalue weighted by molar-refractivity contribution is 7.91. The van der Waals surface area contributed by atoms with Gasteiger partial charge in [0.25, 0.3) is 0 Å². The first-order valence-electron chi connectivity index (χ1n) is 4.24. The maximum Gasteiger partial charge on any atom is 0.205 e. The van der Waals surface area contributed by atoms with Crippen molar-refractivity contribution in [2.75, 3.05) is 7.11 Å². The summed E-state index contributed by atoms with van der Waals surface area (Å²) in [5.74, 6) is 0. The molecule has 0 saturated carbocycles. The molecule has 0 heterocycles. The van der Waals surface area contributed by atoms with Gasteiger partial charge in [-0.3, -0.25) is 0 Å². The second-order valence-electron chi connectivity index (χ2n) is 2.81. The Labute approximate surface area is 84.6 Å². The van der Waals surface area contributed by atoms with E-state index in [1.807, 2.05) is 0 Å². The van der Waals surface area contributed by atoms with Gasteiger partial charge in [0.05, 0.1) is 4.90 Å². The molecule has 4 heteroatoms. The molecule has 0 aliphatic heterocycles. The lowest BCUT2D eigenvalue weighted by Gasteiger charge is -2.13. The highest BCUT2D eigenvalue weighted by Crippen LogP contribution is 2.17. The Morgan fingerprint density at radius 3 is 2.36 bits per heavy atom. The fourth-order valence-corrected chi connectivity index (χ4v) is 2.57. The number of hydrogen-bond donors (Lipinski definition) is 0. The van der Waals surface area contributed by atoms with Crippen LogP contribution < -0.4 is 0 Å². The number of benzene rings is 1. The Balaban J connectivity index is 3.08. The van der Waals surface area contributed by atoms with Gasteiger partial charge >= 0.3 is 0 Å². The van der Waals surface area contributed by atoms with Crippen LogP contribution in [0.15, 0.2) is 35.2 Å². The van der Waals surface area contributed by atoms with Crippen LogP contribution in [0.4, 0.5) is 0 Å². The van der Waals surface area contributed by atoms with Gasteiger partial charge < -0.3 is 4.74 Å². The third kappa shape index (κ3) is 2.13.